The fourth-order valence-electron chi connectivity index (χ4n) is 3.00. The molecule has 2 heterocycles. The van der Waals surface area contributed by atoms with Gasteiger partial charge in [-0.25, -0.2) is 0 Å². The summed E-state index contributed by atoms with van der Waals surface area (Å²) < 4.78 is 16.8. The Hall–Kier alpha value is -1.14. The van der Waals surface area contributed by atoms with E-state index in [-0.39, 0.29) is 6.29 Å². The van der Waals surface area contributed by atoms with Crippen molar-refractivity contribution in [2.24, 2.45) is 0 Å². The molecule has 1 aromatic carbocycles. The van der Waals surface area contributed by atoms with Crippen LogP contribution in [0.5, 0.6) is 5.75 Å². The highest BCUT2D eigenvalue weighted by Crippen LogP contribution is 2.20. The molecular weight excluding hydrogens is 292 g/mol. The monoisotopic (exact) mass is 320 g/mol. The number of ether oxygens (including phenoxy) is 3. The maximum Gasteiger partial charge on any atom is 0.157 e. The van der Waals surface area contributed by atoms with Gasteiger partial charge >= 0.3 is 0 Å². The smallest absolute Gasteiger partial charge is 0.157 e. The maximum absolute atomic E-state index is 5.74. The molecule has 0 aliphatic carbocycles. The number of likely N-dealkylation sites (tertiary alicyclic amines) is 1. The van der Waals surface area contributed by atoms with E-state index in [0.29, 0.717) is 19.3 Å². The standard InChI is InChI=1S/C18H28N2O3/c1-19-17(14-20-9-3-10-20)15-5-7-16(8-6-15)21-12-13-23-18-4-2-11-22-18/h5-8,17-19H,2-4,9-14H2,1H3. The lowest BCUT2D eigenvalue weighted by Gasteiger charge is -2.34. The molecule has 0 radical (unpaired) electrons. The summed E-state index contributed by atoms with van der Waals surface area (Å²) in [6, 6.07) is 8.77. The van der Waals surface area contributed by atoms with E-state index in [4.69, 9.17) is 14.2 Å². The molecule has 23 heavy (non-hydrogen) atoms. The summed E-state index contributed by atoms with van der Waals surface area (Å²) in [6.07, 6.45) is 3.39. The van der Waals surface area contributed by atoms with Crippen LogP contribution in [0.1, 0.15) is 30.9 Å². The van der Waals surface area contributed by atoms with Gasteiger partial charge in [-0.1, -0.05) is 12.1 Å². The highest BCUT2D eigenvalue weighted by molar-refractivity contribution is 5.29. The van der Waals surface area contributed by atoms with Crippen molar-refractivity contribution in [3.8, 4) is 5.75 Å². The molecule has 2 fully saturated rings. The average molecular weight is 320 g/mol. The van der Waals surface area contributed by atoms with E-state index in [1.165, 1.54) is 25.1 Å². The number of nitrogens with zero attached hydrogens (tertiary/aromatic N) is 1. The molecule has 0 bridgehead atoms. The molecule has 1 N–H and O–H groups in total. The van der Waals surface area contributed by atoms with Gasteiger partial charge < -0.3 is 24.4 Å². The van der Waals surface area contributed by atoms with Crippen molar-refractivity contribution < 1.29 is 14.2 Å². The number of likely N-dealkylation sites (N-methyl/N-ethyl adjacent to an activating group) is 1. The minimum absolute atomic E-state index is 0.0288. The van der Waals surface area contributed by atoms with E-state index in [2.05, 4.69) is 22.3 Å². The molecule has 128 valence electrons. The predicted molar refractivity (Wildman–Crippen MR) is 89.7 cm³/mol. The van der Waals surface area contributed by atoms with E-state index in [1.54, 1.807) is 0 Å². The van der Waals surface area contributed by atoms with E-state index in [1.807, 2.05) is 19.2 Å². The van der Waals surface area contributed by atoms with Crippen LogP contribution in [-0.2, 0) is 9.47 Å². The molecule has 2 saturated heterocycles. The summed E-state index contributed by atoms with van der Waals surface area (Å²) in [4.78, 5) is 2.48. The third kappa shape index (κ3) is 4.91. The number of nitrogens with one attached hydrogen (secondary N) is 1. The van der Waals surface area contributed by atoms with Gasteiger partial charge in [0.15, 0.2) is 6.29 Å². The molecule has 2 aliphatic heterocycles. The number of rotatable bonds is 9. The summed E-state index contributed by atoms with van der Waals surface area (Å²) in [7, 11) is 2.03. The molecule has 5 nitrogen and oxygen atoms in total. The zero-order valence-corrected chi connectivity index (χ0v) is 14.0. The van der Waals surface area contributed by atoms with Gasteiger partial charge in [0, 0.05) is 25.6 Å². The summed E-state index contributed by atoms with van der Waals surface area (Å²) >= 11 is 0. The largest absolute Gasteiger partial charge is 0.491 e. The van der Waals surface area contributed by atoms with Gasteiger partial charge in [0.25, 0.3) is 0 Å². The van der Waals surface area contributed by atoms with Crippen LogP contribution in [0, 0.1) is 0 Å². The van der Waals surface area contributed by atoms with Crippen LogP contribution in [0.3, 0.4) is 0 Å². The Kier molecular flexibility index (Phi) is 6.28. The Bertz CT molecular complexity index is 456. The van der Waals surface area contributed by atoms with Gasteiger partial charge in [0.1, 0.15) is 12.4 Å². The van der Waals surface area contributed by atoms with Crippen molar-refractivity contribution >= 4 is 0 Å². The first kappa shape index (κ1) is 16.7. The summed E-state index contributed by atoms with van der Waals surface area (Å²) in [5.41, 5.74) is 1.31. The van der Waals surface area contributed by atoms with Gasteiger partial charge in [0.05, 0.1) is 6.61 Å². The Morgan fingerprint density at radius 2 is 2.04 bits per heavy atom. The minimum atomic E-state index is -0.0288. The first-order valence-corrected chi connectivity index (χ1v) is 8.71. The van der Waals surface area contributed by atoms with Gasteiger partial charge in [-0.05, 0) is 50.7 Å². The van der Waals surface area contributed by atoms with Crippen LogP contribution in [0.15, 0.2) is 24.3 Å². The Labute approximate surface area is 138 Å². The molecule has 2 aliphatic rings. The highest BCUT2D eigenvalue weighted by Gasteiger charge is 2.19. The fraction of sp³-hybridized carbons (Fsp3) is 0.667. The zero-order chi connectivity index (χ0) is 15.9. The van der Waals surface area contributed by atoms with Crippen molar-refractivity contribution in [3.63, 3.8) is 0 Å². The first-order chi connectivity index (χ1) is 11.3. The van der Waals surface area contributed by atoms with Crippen molar-refractivity contribution in [3.05, 3.63) is 29.8 Å². The molecule has 0 spiro atoms. The molecular formula is C18H28N2O3. The number of hydrogen-bond donors (Lipinski definition) is 1. The van der Waals surface area contributed by atoms with E-state index < -0.39 is 0 Å². The average Bonchev–Trinajstić information content (AvgIpc) is 3.05. The quantitative estimate of drug-likeness (QED) is 0.707. The lowest BCUT2D eigenvalue weighted by atomic mass is 10.0. The number of hydrogen-bond acceptors (Lipinski definition) is 5. The summed E-state index contributed by atoms with van der Waals surface area (Å²) in [5, 5.41) is 3.40. The molecule has 2 unspecified atom stereocenters. The second kappa shape index (κ2) is 8.64. The van der Waals surface area contributed by atoms with Crippen molar-refractivity contribution in [2.45, 2.75) is 31.6 Å². The van der Waals surface area contributed by atoms with E-state index in [0.717, 1.165) is 31.7 Å². The molecule has 0 aromatic heterocycles. The van der Waals surface area contributed by atoms with Crippen LogP contribution in [0.2, 0.25) is 0 Å². The van der Waals surface area contributed by atoms with Gasteiger partial charge in [-0.15, -0.1) is 0 Å². The molecule has 3 rings (SSSR count). The van der Waals surface area contributed by atoms with E-state index in [9.17, 15) is 0 Å². The molecule has 1 aromatic rings. The topological polar surface area (TPSA) is 43.0 Å². The second-order valence-corrected chi connectivity index (χ2v) is 6.23. The van der Waals surface area contributed by atoms with Crippen LogP contribution in [0.25, 0.3) is 0 Å². The highest BCUT2D eigenvalue weighted by atomic mass is 16.7. The third-order valence-electron chi connectivity index (χ3n) is 4.56. The normalized spacial score (nSPS) is 22.7. The maximum atomic E-state index is 5.74. The van der Waals surface area contributed by atoms with Crippen LogP contribution < -0.4 is 10.1 Å². The fourth-order valence-corrected chi connectivity index (χ4v) is 3.00. The zero-order valence-electron chi connectivity index (χ0n) is 14.0. The lowest BCUT2D eigenvalue weighted by molar-refractivity contribution is -0.115. The van der Waals surface area contributed by atoms with Crippen molar-refractivity contribution in [1.82, 2.24) is 10.2 Å². The summed E-state index contributed by atoms with van der Waals surface area (Å²) in [6.45, 7) is 5.47. The predicted octanol–water partition coefficient (Wildman–Crippen LogP) is 2.18. The molecule has 2 atom stereocenters. The van der Waals surface area contributed by atoms with Gasteiger partial charge in [-0.2, -0.15) is 0 Å². The van der Waals surface area contributed by atoms with Crippen molar-refractivity contribution in [2.75, 3.05) is 46.5 Å². The molecule has 0 amide bonds. The number of benzene rings is 1. The molecule has 0 saturated carbocycles. The van der Waals surface area contributed by atoms with Gasteiger partial charge in [0.2, 0.25) is 0 Å². The SMILES string of the molecule is CNC(CN1CCC1)c1ccc(OCCOC2CCCO2)cc1. The van der Waals surface area contributed by atoms with Gasteiger partial charge in [-0.3, -0.25) is 0 Å². The molecule has 5 heteroatoms. The Balaban J connectivity index is 1.40. The first-order valence-electron chi connectivity index (χ1n) is 8.71. The summed E-state index contributed by atoms with van der Waals surface area (Å²) in [5.74, 6) is 0.892. The van der Waals surface area contributed by atoms with Crippen molar-refractivity contribution in [1.29, 1.82) is 0 Å². The van der Waals surface area contributed by atoms with Crippen LogP contribution in [-0.4, -0.2) is 57.7 Å². The third-order valence-corrected chi connectivity index (χ3v) is 4.56. The van der Waals surface area contributed by atoms with E-state index >= 15 is 0 Å². The second-order valence-electron chi connectivity index (χ2n) is 6.23. The van der Waals surface area contributed by atoms with Crippen LogP contribution in [0.4, 0.5) is 0 Å². The lowest BCUT2D eigenvalue weighted by Crippen LogP contribution is -2.42. The Morgan fingerprint density at radius 1 is 1.22 bits per heavy atom. The minimum Gasteiger partial charge on any atom is -0.491 e. The Morgan fingerprint density at radius 3 is 2.65 bits per heavy atom. The van der Waals surface area contributed by atoms with Crippen LogP contribution >= 0.6 is 0 Å².